The molecule has 1 atom stereocenters. The molecule has 1 amide bonds. The third-order valence-corrected chi connectivity index (χ3v) is 6.80. The van der Waals surface area contributed by atoms with Crippen LogP contribution in [0.2, 0.25) is 0 Å². The number of aromatic nitrogens is 2. The highest BCUT2D eigenvalue weighted by atomic mass is 79.9. The molecule has 1 aliphatic rings. The number of aliphatic imine (C=N–C) groups is 1. The number of nitrogens with one attached hydrogen (secondary N) is 1. The van der Waals surface area contributed by atoms with Gasteiger partial charge >= 0.3 is 0 Å². The molecule has 0 aliphatic carbocycles. The van der Waals surface area contributed by atoms with Gasteiger partial charge in [0.05, 0.1) is 17.1 Å². The van der Waals surface area contributed by atoms with Crippen molar-refractivity contribution in [1.82, 2.24) is 14.5 Å². The van der Waals surface area contributed by atoms with Crippen molar-refractivity contribution in [3.8, 4) is 0 Å². The van der Waals surface area contributed by atoms with Gasteiger partial charge in [0.1, 0.15) is 5.71 Å². The molecule has 5 rings (SSSR count). The zero-order valence-corrected chi connectivity index (χ0v) is 20.9. The Hall–Kier alpha value is -3.04. The smallest absolute Gasteiger partial charge is 0.270 e. The molecular weight excluding hydrogens is 552 g/mol. The van der Waals surface area contributed by atoms with Crippen LogP contribution < -0.4 is 5.32 Å². The molecule has 0 fully saturated rings. The molecule has 0 saturated heterocycles. The normalized spacial score (nSPS) is 16.2. The van der Waals surface area contributed by atoms with Crippen LogP contribution in [0.5, 0.6) is 0 Å². The molecule has 0 radical (unpaired) electrons. The van der Waals surface area contributed by atoms with Gasteiger partial charge in [0, 0.05) is 63.6 Å². The molecule has 1 N–H and O–H groups in total. The van der Waals surface area contributed by atoms with Crippen LogP contribution in [0.15, 0.2) is 62.7 Å². The molecule has 2 aromatic heterocycles. The van der Waals surface area contributed by atoms with Crippen molar-refractivity contribution in [2.75, 3.05) is 6.54 Å². The summed E-state index contributed by atoms with van der Waals surface area (Å²) in [6, 6.07) is 11.0. The summed E-state index contributed by atoms with van der Waals surface area (Å²) >= 11 is 6.92. The van der Waals surface area contributed by atoms with Crippen LogP contribution >= 0.6 is 31.9 Å². The highest BCUT2D eigenvalue weighted by molar-refractivity contribution is 9.10. The third-order valence-electron chi connectivity index (χ3n) is 5.81. The Kier molecular flexibility index (Phi) is 5.33. The van der Waals surface area contributed by atoms with Crippen LogP contribution in [0.3, 0.4) is 0 Å². The van der Waals surface area contributed by atoms with Crippen molar-refractivity contribution in [2.45, 2.75) is 19.9 Å². The predicted octanol–water partition coefficient (Wildman–Crippen LogP) is 5.10. The Morgan fingerprint density at radius 1 is 0.939 bits per heavy atom. The maximum absolute atomic E-state index is 12.9. The van der Waals surface area contributed by atoms with Gasteiger partial charge in [-0.1, -0.05) is 44.0 Å². The molecule has 3 heterocycles. The zero-order chi connectivity index (χ0) is 23.4. The van der Waals surface area contributed by atoms with Gasteiger partial charge in [-0.25, -0.2) is 0 Å². The third kappa shape index (κ3) is 3.65. The monoisotopic (exact) mass is 568 g/mol. The Balaban J connectivity index is 1.70. The molecule has 33 heavy (non-hydrogen) atoms. The zero-order valence-electron chi connectivity index (χ0n) is 17.7. The standard InChI is InChI=1S/C24H18Br2N4O3/c1-12(31)29-10-18(16-5-3-14(25)7-21(16)29)20-9-27-24(33)23(28-20)19-11-30(13(2)32)22-8-15(26)4-6-17(19)22/h3-8,10-11,20H,9H2,1-2H3,(H,27,33)/t20-/m0/s1. The average Bonchev–Trinajstić information content (AvgIpc) is 3.32. The molecule has 9 heteroatoms. The molecule has 0 saturated carbocycles. The van der Waals surface area contributed by atoms with E-state index in [0.29, 0.717) is 17.6 Å². The number of carbonyl (C=O) groups is 3. The van der Waals surface area contributed by atoms with E-state index in [4.69, 9.17) is 4.99 Å². The Bertz CT molecular complexity index is 1530. The van der Waals surface area contributed by atoms with Gasteiger partial charge in [-0.05, 0) is 24.3 Å². The predicted molar refractivity (Wildman–Crippen MR) is 134 cm³/mol. The topological polar surface area (TPSA) is 85.5 Å². The maximum Gasteiger partial charge on any atom is 0.270 e. The first-order valence-electron chi connectivity index (χ1n) is 10.2. The molecule has 0 spiro atoms. The Labute approximate surface area is 205 Å². The van der Waals surface area contributed by atoms with Crippen molar-refractivity contribution >= 4 is 77.1 Å². The van der Waals surface area contributed by atoms with Gasteiger partial charge in [-0.3, -0.25) is 28.5 Å². The molecule has 2 aromatic carbocycles. The minimum atomic E-state index is -0.381. The second-order valence-electron chi connectivity index (χ2n) is 7.93. The molecule has 0 bridgehead atoms. The highest BCUT2D eigenvalue weighted by Crippen LogP contribution is 2.33. The number of fused-ring (bicyclic) bond motifs is 2. The summed E-state index contributed by atoms with van der Waals surface area (Å²) in [6.45, 7) is 3.30. The summed E-state index contributed by atoms with van der Waals surface area (Å²) in [4.78, 5) is 42.2. The van der Waals surface area contributed by atoms with Crippen LogP contribution in [-0.4, -0.2) is 39.1 Å². The lowest BCUT2D eigenvalue weighted by Crippen LogP contribution is -2.39. The fourth-order valence-corrected chi connectivity index (χ4v) is 5.00. The number of hydrogen-bond donors (Lipinski definition) is 1. The quantitative estimate of drug-likeness (QED) is 0.364. The lowest BCUT2D eigenvalue weighted by Gasteiger charge is -2.21. The fraction of sp³-hybridized carbons (Fsp3) is 0.167. The van der Waals surface area contributed by atoms with E-state index in [0.717, 1.165) is 30.8 Å². The fourth-order valence-electron chi connectivity index (χ4n) is 4.31. The van der Waals surface area contributed by atoms with Crippen LogP contribution in [0, 0.1) is 0 Å². The van der Waals surface area contributed by atoms with Crippen molar-refractivity contribution in [3.63, 3.8) is 0 Å². The number of rotatable bonds is 2. The van der Waals surface area contributed by atoms with Gasteiger partial charge in [0.15, 0.2) is 0 Å². The number of hydrogen-bond acceptors (Lipinski definition) is 4. The van der Waals surface area contributed by atoms with Crippen molar-refractivity contribution < 1.29 is 14.4 Å². The van der Waals surface area contributed by atoms with Crippen LogP contribution in [0.1, 0.15) is 40.6 Å². The molecule has 1 aliphatic heterocycles. The average molecular weight is 570 g/mol. The number of amides is 1. The van der Waals surface area contributed by atoms with Gasteiger partial charge in [-0.2, -0.15) is 0 Å². The molecular formula is C24H18Br2N4O3. The van der Waals surface area contributed by atoms with E-state index in [9.17, 15) is 14.4 Å². The van der Waals surface area contributed by atoms with E-state index >= 15 is 0 Å². The minimum absolute atomic E-state index is 0.108. The second kappa shape index (κ2) is 8.07. The minimum Gasteiger partial charge on any atom is -0.348 e. The summed E-state index contributed by atoms with van der Waals surface area (Å²) < 4.78 is 4.82. The van der Waals surface area contributed by atoms with Crippen molar-refractivity contribution in [2.24, 2.45) is 4.99 Å². The molecule has 7 nitrogen and oxygen atoms in total. The van der Waals surface area contributed by atoms with Crippen LogP contribution in [-0.2, 0) is 4.79 Å². The summed E-state index contributed by atoms with van der Waals surface area (Å²) in [5.74, 6) is -0.564. The van der Waals surface area contributed by atoms with Gasteiger partial charge < -0.3 is 5.32 Å². The summed E-state index contributed by atoms with van der Waals surface area (Å²) in [6.07, 6.45) is 3.45. The second-order valence-corrected chi connectivity index (χ2v) is 9.76. The van der Waals surface area contributed by atoms with Gasteiger partial charge in [0.25, 0.3) is 5.91 Å². The number of nitrogens with zero attached hydrogens (tertiary/aromatic N) is 3. The molecule has 0 unspecified atom stereocenters. The van der Waals surface area contributed by atoms with Crippen LogP contribution in [0.25, 0.3) is 21.8 Å². The first-order valence-corrected chi connectivity index (χ1v) is 11.8. The summed E-state index contributed by atoms with van der Waals surface area (Å²) in [5.41, 5.74) is 3.18. The van der Waals surface area contributed by atoms with Gasteiger partial charge in [-0.15, -0.1) is 0 Å². The summed E-state index contributed by atoms with van der Waals surface area (Å²) in [7, 11) is 0. The first kappa shape index (κ1) is 21.8. The Morgan fingerprint density at radius 3 is 2.15 bits per heavy atom. The van der Waals surface area contributed by atoms with Crippen molar-refractivity contribution in [3.05, 3.63) is 68.9 Å². The van der Waals surface area contributed by atoms with E-state index in [1.165, 1.54) is 18.4 Å². The SMILES string of the molecule is CC(=O)n1cc(C2=N[C@H](c3cn(C(C)=O)c4cc(Br)ccc34)CNC2=O)c2ccc(Br)cc21. The van der Waals surface area contributed by atoms with Crippen molar-refractivity contribution in [1.29, 1.82) is 0 Å². The molecule has 166 valence electrons. The number of halogens is 2. The van der Waals surface area contributed by atoms with E-state index < -0.39 is 0 Å². The van der Waals surface area contributed by atoms with E-state index in [2.05, 4.69) is 37.2 Å². The summed E-state index contributed by atoms with van der Waals surface area (Å²) in [5, 5.41) is 4.59. The number of benzene rings is 2. The lowest BCUT2D eigenvalue weighted by atomic mass is 10.0. The first-order chi connectivity index (χ1) is 15.7. The largest absolute Gasteiger partial charge is 0.348 e. The van der Waals surface area contributed by atoms with Gasteiger partial charge in [0.2, 0.25) is 11.8 Å². The van der Waals surface area contributed by atoms with E-state index in [1.807, 2.05) is 36.4 Å². The van der Waals surface area contributed by atoms with E-state index in [-0.39, 0.29) is 29.5 Å². The van der Waals surface area contributed by atoms with E-state index in [1.54, 1.807) is 17.0 Å². The molecule has 4 aromatic rings. The van der Waals surface area contributed by atoms with Crippen LogP contribution in [0.4, 0.5) is 0 Å². The maximum atomic E-state index is 12.9. The highest BCUT2D eigenvalue weighted by Gasteiger charge is 2.29. The Morgan fingerprint density at radius 2 is 1.52 bits per heavy atom. The lowest BCUT2D eigenvalue weighted by molar-refractivity contribution is -0.115. The number of carbonyl (C=O) groups excluding carboxylic acids is 3.